The van der Waals surface area contributed by atoms with E-state index in [9.17, 15) is 4.39 Å². The fourth-order valence-electron chi connectivity index (χ4n) is 2.22. The van der Waals surface area contributed by atoms with Crippen LogP contribution in [0.1, 0.15) is 29.4 Å². The maximum absolute atomic E-state index is 14.1. The van der Waals surface area contributed by atoms with Crippen LogP contribution in [-0.4, -0.2) is 29.0 Å². The Labute approximate surface area is 141 Å². The molecule has 2 rings (SSSR count). The van der Waals surface area contributed by atoms with E-state index < -0.39 is 0 Å². The van der Waals surface area contributed by atoms with Crippen LogP contribution in [0, 0.1) is 12.7 Å². The van der Waals surface area contributed by atoms with Crippen molar-refractivity contribution in [2.24, 2.45) is 0 Å². The lowest BCUT2D eigenvalue weighted by atomic mass is 10.1. The van der Waals surface area contributed by atoms with Gasteiger partial charge >= 0.3 is 0 Å². The Balaban J connectivity index is 2.12. The molecule has 0 atom stereocenters. The molecule has 0 aliphatic carbocycles. The van der Waals surface area contributed by atoms with Gasteiger partial charge in [-0.15, -0.1) is 0 Å². The van der Waals surface area contributed by atoms with Crippen LogP contribution >= 0.6 is 11.6 Å². The first kappa shape index (κ1) is 17.6. The molecule has 4 nitrogen and oxygen atoms in total. The van der Waals surface area contributed by atoms with Crippen LogP contribution in [0.2, 0.25) is 5.15 Å². The first-order valence-corrected chi connectivity index (χ1v) is 7.97. The smallest absolute Gasteiger partial charge is 0.137 e. The molecule has 2 aromatic rings. The molecule has 6 heteroatoms. The fraction of sp³-hybridized carbons (Fsp3) is 0.412. The van der Waals surface area contributed by atoms with Crippen LogP contribution in [0.15, 0.2) is 18.2 Å². The van der Waals surface area contributed by atoms with Gasteiger partial charge in [0.25, 0.3) is 0 Å². The number of hydrogen-bond donors (Lipinski definition) is 1. The first-order chi connectivity index (χ1) is 10.9. The minimum absolute atomic E-state index is 0.190. The third-order valence-electron chi connectivity index (χ3n) is 3.51. The predicted molar refractivity (Wildman–Crippen MR) is 92.3 cm³/mol. The Morgan fingerprint density at radius 3 is 2.61 bits per heavy atom. The van der Waals surface area contributed by atoms with Gasteiger partial charge in [0, 0.05) is 30.6 Å². The van der Waals surface area contributed by atoms with Gasteiger partial charge in [-0.25, -0.2) is 14.4 Å². The number of hydrogen-bond acceptors (Lipinski definition) is 4. The molecule has 0 aliphatic rings. The molecule has 0 unspecified atom stereocenters. The predicted octanol–water partition coefficient (Wildman–Crippen LogP) is 3.81. The van der Waals surface area contributed by atoms with Crippen molar-refractivity contribution < 1.29 is 4.39 Å². The molecule has 23 heavy (non-hydrogen) atoms. The molecule has 0 saturated carbocycles. The lowest BCUT2D eigenvalue weighted by Gasteiger charge is -2.13. The molecule has 124 valence electrons. The van der Waals surface area contributed by atoms with Gasteiger partial charge in [0.05, 0.1) is 0 Å². The SMILES string of the molecule is CCc1nc(Cl)c(C)c(NCc2ccc(CN(C)C)c(F)c2)n1. The summed E-state index contributed by atoms with van der Waals surface area (Å²) in [4.78, 5) is 10.6. The number of rotatable bonds is 6. The summed E-state index contributed by atoms with van der Waals surface area (Å²) in [6.45, 7) is 4.91. The van der Waals surface area contributed by atoms with Crippen molar-refractivity contribution in [2.75, 3.05) is 19.4 Å². The van der Waals surface area contributed by atoms with E-state index in [4.69, 9.17) is 11.6 Å². The Morgan fingerprint density at radius 1 is 1.26 bits per heavy atom. The molecular weight excluding hydrogens is 315 g/mol. The maximum Gasteiger partial charge on any atom is 0.137 e. The highest BCUT2D eigenvalue weighted by Gasteiger charge is 2.09. The summed E-state index contributed by atoms with van der Waals surface area (Å²) in [6.07, 6.45) is 0.711. The molecule has 1 heterocycles. The van der Waals surface area contributed by atoms with E-state index >= 15 is 0 Å². The zero-order valence-electron chi connectivity index (χ0n) is 14.0. The number of benzene rings is 1. The molecule has 1 aromatic carbocycles. The number of aromatic nitrogens is 2. The summed E-state index contributed by atoms with van der Waals surface area (Å²) in [5, 5.41) is 3.67. The van der Waals surface area contributed by atoms with Gasteiger partial charge in [-0.05, 0) is 32.6 Å². The van der Waals surface area contributed by atoms with Gasteiger partial charge in [-0.3, -0.25) is 0 Å². The number of nitrogens with zero attached hydrogens (tertiary/aromatic N) is 3. The summed E-state index contributed by atoms with van der Waals surface area (Å²) in [6, 6.07) is 5.31. The highest BCUT2D eigenvalue weighted by Crippen LogP contribution is 2.21. The van der Waals surface area contributed by atoms with E-state index in [0.29, 0.717) is 41.9 Å². The van der Waals surface area contributed by atoms with Crippen molar-refractivity contribution in [3.63, 3.8) is 0 Å². The first-order valence-electron chi connectivity index (χ1n) is 7.59. The summed E-state index contributed by atoms with van der Waals surface area (Å²) in [7, 11) is 3.84. The van der Waals surface area contributed by atoms with Crippen molar-refractivity contribution in [3.05, 3.63) is 51.7 Å². The van der Waals surface area contributed by atoms with Gasteiger partial charge < -0.3 is 10.2 Å². The molecule has 0 fully saturated rings. The van der Waals surface area contributed by atoms with Crippen LogP contribution in [-0.2, 0) is 19.5 Å². The van der Waals surface area contributed by atoms with E-state index in [1.807, 2.05) is 45.0 Å². The molecule has 0 spiro atoms. The normalized spacial score (nSPS) is 11.1. The lowest BCUT2D eigenvalue weighted by Crippen LogP contribution is -2.12. The average molecular weight is 337 g/mol. The maximum atomic E-state index is 14.1. The molecule has 0 aliphatic heterocycles. The number of nitrogens with one attached hydrogen (secondary N) is 1. The van der Waals surface area contributed by atoms with E-state index in [2.05, 4.69) is 15.3 Å². The van der Waals surface area contributed by atoms with Gasteiger partial charge in [0.1, 0.15) is 22.6 Å². The number of halogens is 2. The zero-order chi connectivity index (χ0) is 17.0. The highest BCUT2D eigenvalue weighted by molar-refractivity contribution is 6.30. The third kappa shape index (κ3) is 4.62. The summed E-state index contributed by atoms with van der Waals surface area (Å²) in [5.74, 6) is 1.19. The van der Waals surface area contributed by atoms with E-state index in [1.54, 1.807) is 6.07 Å². The van der Waals surface area contributed by atoms with Gasteiger partial charge in [0.2, 0.25) is 0 Å². The number of anilines is 1. The molecular formula is C17H22ClFN4. The third-order valence-corrected chi connectivity index (χ3v) is 3.88. The average Bonchev–Trinajstić information content (AvgIpc) is 2.50. The van der Waals surface area contributed by atoms with Crippen LogP contribution in [0.3, 0.4) is 0 Å². The van der Waals surface area contributed by atoms with Gasteiger partial charge in [-0.2, -0.15) is 0 Å². The quantitative estimate of drug-likeness (QED) is 0.814. The van der Waals surface area contributed by atoms with Crippen molar-refractivity contribution in [1.82, 2.24) is 14.9 Å². The second-order valence-electron chi connectivity index (χ2n) is 5.77. The Bertz CT molecular complexity index is 689. The monoisotopic (exact) mass is 336 g/mol. The summed E-state index contributed by atoms with van der Waals surface area (Å²) in [5.41, 5.74) is 2.35. The molecule has 0 radical (unpaired) electrons. The molecule has 0 bridgehead atoms. The van der Waals surface area contributed by atoms with E-state index in [-0.39, 0.29) is 5.82 Å². The van der Waals surface area contributed by atoms with Crippen molar-refractivity contribution in [2.45, 2.75) is 33.4 Å². The van der Waals surface area contributed by atoms with Crippen LogP contribution in [0.5, 0.6) is 0 Å². The minimum Gasteiger partial charge on any atom is -0.366 e. The second kappa shape index (κ2) is 7.70. The summed E-state index contributed by atoms with van der Waals surface area (Å²) < 4.78 is 14.1. The van der Waals surface area contributed by atoms with Gasteiger partial charge in [0.15, 0.2) is 0 Å². The molecule has 1 aromatic heterocycles. The zero-order valence-corrected chi connectivity index (χ0v) is 14.7. The standard InChI is InChI=1S/C17H22ClFN4/c1-5-15-21-16(18)11(2)17(22-15)20-9-12-6-7-13(10-23(3)4)14(19)8-12/h6-8H,5,9-10H2,1-4H3,(H,20,21,22). The van der Waals surface area contributed by atoms with E-state index in [0.717, 1.165) is 11.1 Å². The fourth-order valence-corrected chi connectivity index (χ4v) is 2.41. The Kier molecular flexibility index (Phi) is 5.91. The summed E-state index contributed by atoms with van der Waals surface area (Å²) >= 11 is 6.12. The Hall–Kier alpha value is -1.72. The largest absolute Gasteiger partial charge is 0.366 e. The second-order valence-corrected chi connectivity index (χ2v) is 6.13. The topological polar surface area (TPSA) is 41.1 Å². The van der Waals surface area contributed by atoms with Gasteiger partial charge in [-0.1, -0.05) is 30.7 Å². The van der Waals surface area contributed by atoms with Crippen LogP contribution in [0.25, 0.3) is 0 Å². The van der Waals surface area contributed by atoms with Crippen LogP contribution in [0.4, 0.5) is 10.2 Å². The molecule has 0 saturated heterocycles. The molecule has 1 N–H and O–H groups in total. The lowest BCUT2D eigenvalue weighted by molar-refractivity contribution is 0.392. The highest BCUT2D eigenvalue weighted by atomic mass is 35.5. The van der Waals surface area contributed by atoms with Crippen molar-refractivity contribution in [1.29, 1.82) is 0 Å². The van der Waals surface area contributed by atoms with E-state index in [1.165, 1.54) is 0 Å². The minimum atomic E-state index is -0.190. The Morgan fingerprint density at radius 2 is 2.00 bits per heavy atom. The number of aryl methyl sites for hydroxylation is 1. The van der Waals surface area contributed by atoms with Crippen molar-refractivity contribution >= 4 is 17.4 Å². The molecule has 0 amide bonds. The van der Waals surface area contributed by atoms with Crippen molar-refractivity contribution in [3.8, 4) is 0 Å². The van der Waals surface area contributed by atoms with Crippen LogP contribution < -0.4 is 5.32 Å².